The first kappa shape index (κ1) is 7.28. The van der Waals surface area contributed by atoms with E-state index in [4.69, 9.17) is 12.0 Å². The Kier molecular flexibility index (Phi) is 2.06. The molecule has 0 unspecified atom stereocenters. The first-order chi connectivity index (χ1) is 4.68. The summed E-state index contributed by atoms with van der Waals surface area (Å²) in [4.78, 5) is 11.6. The highest BCUT2D eigenvalue weighted by molar-refractivity contribution is 7.12. The fourth-order valence-electron chi connectivity index (χ4n) is 0.639. The van der Waals surface area contributed by atoms with E-state index >= 15 is 0 Å². The molecule has 2 radical (unpaired) electrons. The van der Waals surface area contributed by atoms with Crippen LogP contribution in [-0.2, 0) is 11.2 Å². The largest absolute Gasteiger partial charge is 0.481 e. The lowest BCUT2D eigenvalue weighted by molar-refractivity contribution is -0.136. The van der Waals surface area contributed by atoms with Crippen LogP contribution in [0, 0.1) is 6.92 Å². The number of carboxylic acid groups (broad SMARTS) is 1. The average Bonchev–Trinajstić information content (AvgIpc) is 2.13. The second-order valence-corrected chi connectivity index (χ2v) is 3.07. The number of aliphatic carboxylic acids is 1. The van der Waals surface area contributed by atoms with Crippen molar-refractivity contribution in [3.8, 4) is 0 Å². The molecular weight excluding hydrogens is 148 g/mol. The second-order valence-electron chi connectivity index (χ2n) is 1.87. The molecule has 1 N–H and O–H groups in total. The smallest absolute Gasteiger partial charge is 0.308 e. The molecule has 0 aliphatic heterocycles. The van der Waals surface area contributed by atoms with Crippen LogP contribution in [0.2, 0.25) is 0 Å². The number of thiophene rings is 1. The monoisotopic (exact) mass is 154 g/mol. The van der Waals surface area contributed by atoms with E-state index in [-0.39, 0.29) is 6.42 Å². The van der Waals surface area contributed by atoms with Gasteiger partial charge in [-0.1, -0.05) is 0 Å². The van der Waals surface area contributed by atoms with Gasteiger partial charge < -0.3 is 5.11 Å². The van der Waals surface area contributed by atoms with Crippen LogP contribution in [0.25, 0.3) is 0 Å². The Balaban J connectivity index is 2.67. The van der Waals surface area contributed by atoms with Gasteiger partial charge in [0.05, 0.1) is 6.42 Å². The lowest BCUT2D eigenvalue weighted by atomic mass is 10.3. The third kappa shape index (κ3) is 1.84. The summed E-state index contributed by atoms with van der Waals surface area (Å²) in [6, 6.07) is 3.44. The summed E-state index contributed by atoms with van der Waals surface area (Å²) >= 11 is 1.31. The summed E-state index contributed by atoms with van der Waals surface area (Å²) in [5, 5.41) is 8.34. The average molecular weight is 154 g/mol. The maximum absolute atomic E-state index is 10.1. The van der Waals surface area contributed by atoms with Crippen LogP contribution in [0.5, 0.6) is 0 Å². The van der Waals surface area contributed by atoms with Crippen molar-refractivity contribution < 1.29 is 9.90 Å². The molecule has 0 aromatic carbocycles. The molecule has 0 atom stereocenters. The molecule has 52 valence electrons. The summed E-state index contributed by atoms with van der Waals surface area (Å²) in [6.07, 6.45) is 0.0713. The van der Waals surface area contributed by atoms with E-state index in [9.17, 15) is 4.79 Å². The number of hydrogen-bond donors (Lipinski definition) is 1. The van der Waals surface area contributed by atoms with Crippen molar-refractivity contribution >= 4 is 17.3 Å². The highest BCUT2D eigenvalue weighted by Gasteiger charge is 2.01. The molecule has 0 saturated carbocycles. The van der Waals surface area contributed by atoms with Gasteiger partial charge >= 0.3 is 5.97 Å². The zero-order chi connectivity index (χ0) is 7.56. The zero-order valence-corrected chi connectivity index (χ0v) is 6.02. The van der Waals surface area contributed by atoms with Gasteiger partial charge in [0, 0.05) is 16.7 Å². The van der Waals surface area contributed by atoms with Crippen LogP contribution in [0.4, 0.5) is 0 Å². The van der Waals surface area contributed by atoms with Gasteiger partial charge in [-0.2, -0.15) is 0 Å². The molecule has 3 heteroatoms. The Morgan fingerprint density at radius 1 is 1.70 bits per heavy atom. The molecule has 10 heavy (non-hydrogen) atoms. The molecular formula is C7H6O2S. The molecule has 0 aliphatic carbocycles. The highest BCUT2D eigenvalue weighted by Crippen LogP contribution is 2.14. The lowest BCUT2D eigenvalue weighted by Crippen LogP contribution is -1.96. The molecule has 1 aromatic rings. The number of rotatable bonds is 2. The van der Waals surface area contributed by atoms with E-state index in [1.165, 1.54) is 11.3 Å². The van der Waals surface area contributed by atoms with Crippen LogP contribution in [-0.4, -0.2) is 11.1 Å². The summed E-state index contributed by atoms with van der Waals surface area (Å²) in [5.41, 5.74) is 0. The van der Waals surface area contributed by atoms with Crippen molar-refractivity contribution in [1.29, 1.82) is 0 Å². The second kappa shape index (κ2) is 2.84. The first-order valence-corrected chi connectivity index (χ1v) is 3.56. The van der Waals surface area contributed by atoms with E-state index in [0.717, 1.165) is 4.88 Å². The summed E-state index contributed by atoms with van der Waals surface area (Å²) in [7, 11) is 0. The van der Waals surface area contributed by atoms with Gasteiger partial charge in [-0.25, -0.2) is 0 Å². The van der Waals surface area contributed by atoms with Crippen molar-refractivity contribution in [3.63, 3.8) is 0 Å². The van der Waals surface area contributed by atoms with Gasteiger partial charge in [0.1, 0.15) is 0 Å². The van der Waals surface area contributed by atoms with Crippen molar-refractivity contribution in [2.45, 2.75) is 6.42 Å². The van der Waals surface area contributed by atoms with Crippen molar-refractivity contribution in [1.82, 2.24) is 0 Å². The van der Waals surface area contributed by atoms with Crippen LogP contribution < -0.4 is 0 Å². The molecule has 1 aromatic heterocycles. The van der Waals surface area contributed by atoms with Crippen LogP contribution in [0.1, 0.15) is 9.75 Å². The van der Waals surface area contributed by atoms with Crippen molar-refractivity contribution in [3.05, 3.63) is 28.8 Å². The quantitative estimate of drug-likeness (QED) is 0.699. The topological polar surface area (TPSA) is 37.3 Å². The van der Waals surface area contributed by atoms with E-state index in [1.807, 2.05) is 0 Å². The third-order valence-electron chi connectivity index (χ3n) is 1.01. The molecule has 0 saturated heterocycles. The van der Waals surface area contributed by atoms with E-state index in [1.54, 1.807) is 12.1 Å². The fraction of sp³-hybridized carbons (Fsp3) is 0.143. The van der Waals surface area contributed by atoms with Crippen LogP contribution >= 0.6 is 11.3 Å². The van der Waals surface area contributed by atoms with Gasteiger partial charge in [0.2, 0.25) is 0 Å². The maximum Gasteiger partial charge on any atom is 0.308 e. The van der Waals surface area contributed by atoms with Crippen molar-refractivity contribution in [2.75, 3.05) is 0 Å². The SMILES string of the molecule is [CH]c1ccc(CC(=O)O)s1. The normalized spacial score (nSPS) is 9.70. The van der Waals surface area contributed by atoms with Crippen LogP contribution in [0.15, 0.2) is 12.1 Å². The van der Waals surface area contributed by atoms with Crippen LogP contribution in [0.3, 0.4) is 0 Å². The summed E-state index contributed by atoms with van der Waals surface area (Å²) in [5.74, 6) is -0.818. The van der Waals surface area contributed by atoms with Gasteiger partial charge in [-0.05, 0) is 12.1 Å². The number of carboxylic acids is 1. The molecule has 2 nitrogen and oxygen atoms in total. The van der Waals surface area contributed by atoms with Gasteiger partial charge in [-0.3, -0.25) is 4.79 Å². The fourth-order valence-corrected chi connectivity index (χ4v) is 1.41. The molecule has 0 fully saturated rings. The minimum Gasteiger partial charge on any atom is -0.481 e. The lowest BCUT2D eigenvalue weighted by Gasteiger charge is -1.86. The molecule has 0 aliphatic rings. The predicted octanol–water partition coefficient (Wildman–Crippen LogP) is 1.43. The van der Waals surface area contributed by atoms with E-state index < -0.39 is 5.97 Å². The maximum atomic E-state index is 10.1. The molecule has 0 amide bonds. The molecule has 1 heterocycles. The molecule has 0 bridgehead atoms. The standard InChI is InChI=1S/C7H6O2S/c1-5-2-3-6(10-5)4-7(8)9/h1-3H,4H2,(H,8,9). The number of carbonyl (C=O) groups is 1. The van der Waals surface area contributed by atoms with Gasteiger partial charge in [-0.15, -0.1) is 11.3 Å². The molecule has 1 rings (SSSR count). The van der Waals surface area contributed by atoms with E-state index in [2.05, 4.69) is 0 Å². The Labute approximate surface area is 63.1 Å². The molecule has 0 spiro atoms. The predicted molar refractivity (Wildman–Crippen MR) is 39.1 cm³/mol. The van der Waals surface area contributed by atoms with Gasteiger partial charge in [0.15, 0.2) is 0 Å². The number of hydrogen-bond acceptors (Lipinski definition) is 2. The Morgan fingerprint density at radius 3 is 2.80 bits per heavy atom. The van der Waals surface area contributed by atoms with E-state index in [0.29, 0.717) is 4.88 Å². The van der Waals surface area contributed by atoms with Gasteiger partial charge in [0.25, 0.3) is 0 Å². The highest BCUT2D eigenvalue weighted by atomic mass is 32.1. The minimum atomic E-state index is -0.818. The Morgan fingerprint density at radius 2 is 2.40 bits per heavy atom. The Bertz CT molecular complexity index is 240. The summed E-state index contributed by atoms with van der Waals surface area (Å²) < 4.78 is 0. The third-order valence-corrected chi connectivity index (χ3v) is 1.92. The first-order valence-electron chi connectivity index (χ1n) is 2.74. The summed E-state index contributed by atoms with van der Waals surface area (Å²) in [6.45, 7) is 5.38. The van der Waals surface area contributed by atoms with Crippen molar-refractivity contribution in [2.24, 2.45) is 0 Å². The minimum absolute atomic E-state index is 0.0713. The zero-order valence-electron chi connectivity index (χ0n) is 5.20. The Hall–Kier alpha value is -0.830.